The third-order valence-corrected chi connectivity index (χ3v) is 4.09. The summed E-state index contributed by atoms with van der Waals surface area (Å²) in [5.41, 5.74) is 8.04. The first-order chi connectivity index (χ1) is 10.1. The molecule has 5 nitrogen and oxygen atoms in total. The Morgan fingerprint density at radius 2 is 2.14 bits per heavy atom. The monoisotopic (exact) mass is 289 g/mol. The number of likely N-dealkylation sites (tertiary alicyclic amines) is 1. The predicted octanol–water partition coefficient (Wildman–Crippen LogP) is 1.91. The van der Waals surface area contributed by atoms with Crippen LogP contribution in [-0.2, 0) is 11.2 Å². The molecular formula is C16H23N3O2. The third kappa shape index (κ3) is 4.21. The van der Waals surface area contributed by atoms with E-state index in [1.165, 1.54) is 11.1 Å². The summed E-state index contributed by atoms with van der Waals surface area (Å²) in [6.07, 6.45) is 2.86. The van der Waals surface area contributed by atoms with Crippen LogP contribution in [0.25, 0.3) is 0 Å². The zero-order valence-corrected chi connectivity index (χ0v) is 12.5. The van der Waals surface area contributed by atoms with Crippen molar-refractivity contribution >= 4 is 11.7 Å². The summed E-state index contributed by atoms with van der Waals surface area (Å²) in [5, 5.41) is 11.7. The van der Waals surface area contributed by atoms with E-state index < -0.39 is 0 Å². The van der Waals surface area contributed by atoms with E-state index in [4.69, 9.17) is 10.9 Å². The minimum Gasteiger partial charge on any atom is -0.409 e. The fourth-order valence-corrected chi connectivity index (χ4v) is 2.78. The van der Waals surface area contributed by atoms with Crippen LogP contribution in [0.4, 0.5) is 0 Å². The molecule has 0 aliphatic carbocycles. The van der Waals surface area contributed by atoms with Crippen LogP contribution < -0.4 is 5.73 Å². The van der Waals surface area contributed by atoms with Crippen LogP contribution in [0.1, 0.15) is 30.4 Å². The predicted molar refractivity (Wildman–Crippen MR) is 82.2 cm³/mol. The molecule has 114 valence electrons. The molecule has 21 heavy (non-hydrogen) atoms. The van der Waals surface area contributed by atoms with Crippen molar-refractivity contribution in [1.82, 2.24) is 4.90 Å². The van der Waals surface area contributed by atoms with Gasteiger partial charge in [-0.1, -0.05) is 35.0 Å². The van der Waals surface area contributed by atoms with Crippen LogP contribution in [0.2, 0.25) is 0 Å². The number of carbonyl (C=O) groups is 1. The van der Waals surface area contributed by atoms with E-state index in [0.29, 0.717) is 19.5 Å². The van der Waals surface area contributed by atoms with Gasteiger partial charge in [0.15, 0.2) is 0 Å². The molecule has 3 N–H and O–H groups in total. The van der Waals surface area contributed by atoms with Gasteiger partial charge in [0.25, 0.3) is 0 Å². The van der Waals surface area contributed by atoms with E-state index in [2.05, 4.69) is 30.3 Å². The van der Waals surface area contributed by atoms with Crippen molar-refractivity contribution in [2.24, 2.45) is 16.8 Å². The van der Waals surface area contributed by atoms with Gasteiger partial charge in [-0.25, -0.2) is 0 Å². The Bertz CT molecular complexity index is 520. The van der Waals surface area contributed by atoms with E-state index in [0.717, 1.165) is 19.3 Å². The van der Waals surface area contributed by atoms with Gasteiger partial charge in [0.1, 0.15) is 5.84 Å². The number of amides is 1. The van der Waals surface area contributed by atoms with E-state index in [-0.39, 0.29) is 17.7 Å². The Morgan fingerprint density at radius 3 is 2.76 bits per heavy atom. The van der Waals surface area contributed by atoms with E-state index in [1.54, 1.807) is 0 Å². The molecule has 0 saturated carbocycles. The Labute approximate surface area is 125 Å². The number of piperidine rings is 1. The number of hydrogen-bond acceptors (Lipinski definition) is 3. The molecule has 1 amide bonds. The first kappa shape index (κ1) is 15.4. The van der Waals surface area contributed by atoms with Gasteiger partial charge in [-0.15, -0.1) is 0 Å². The van der Waals surface area contributed by atoms with Gasteiger partial charge in [0.2, 0.25) is 5.91 Å². The SMILES string of the molecule is Cc1cccc(CCC(=O)N2CCC(C(N)=NO)CC2)c1. The van der Waals surface area contributed by atoms with Crippen LogP contribution >= 0.6 is 0 Å². The number of aryl methyl sites for hydroxylation is 2. The van der Waals surface area contributed by atoms with Crippen molar-refractivity contribution in [1.29, 1.82) is 0 Å². The topological polar surface area (TPSA) is 78.9 Å². The molecule has 5 heteroatoms. The first-order valence-corrected chi connectivity index (χ1v) is 7.41. The number of benzene rings is 1. The lowest BCUT2D eigenvalue weighted by molar-refractivity contribution is -0.132. The standard InChI is InChI=1S/C16H23N3O2/c1-12-3-2-4-13(11-12)5-6-15(20)19-9-7-14(8-10-19)16(17)18-21/h2-4,11,14,21H,5-10H2,1H3,(H2,17,18). The average Bonchev–Trinajstić information content (AvgIpc) is 2.52. The van der Waals surface area contributed by atoms with Crippen molar-refractivity contribution in [3.63, 3.8) is 0 Å². The van der Waals surface area contributed by atoms with Gasteiger partial charge in [-0.2, -0.15) is 0 Å². The van der Waals surface area contributed by atoms with E-state index >= 15 is 0 Å². The van der Waals surface area contributed by atoms with Crippen LogP contribution in [0.15, 0.2) is 29.4 Å². The minimum absolute atomic E-state index is 0.0934. The molecule has 0 aromatic heterocycles. The van der Waals surface area contributed by atoms with Gasteiger partial charge < -0.3 is 15.8 Å². The molecule has 0 unspecified atom stereocenters. The number of amidine groups is 1. The van der Waals surface area contributed by atoms with Crippen molar-refractivity contribution < 1.29 is 10.0 Å². The second-order valence-electron chi connectivity index (χ2n) is 5.67. The summed E-state index contributed by atoms with van der Waals surface area (Å²) in [4.78, 5) is 14.1. The molecule has 1 aliphatic rings. The van der Waals surface area contributed by atoms with Crippen LogP contribution in [-0.4, -0.2) is 34.9 Å². The van der Waals surface area contributed by atoms with Gasteiger partial charge in [0, 0.05) is 25.4 Å². The van der Waals surface area contributed by atoms with Crippen molar-refractivity contribution in [2.45, 2.75) is 32.6 Å². The summed E-state index contributed by atoms with van der Waals surface area (Å²) in [5.74, 6) is 0.562. The van der Waals surface area contributed by atoms with Crippen LogP contribution in [0.5, 0.6) is 0 Å². The molecule has 2 rings (SSSR count). The molecule has 0 bridgehead atoms. The lowest BCUT2D eigenvalue weighted by atomic mass is 9.95. The highest BCUT2D eigenvalue weighted by Gasteiger charge is 2.24. The molecule has 0 atom stereocenters. The molecule has 0 spiro atoms. The normalized spacial score (nSPS) is 17.0. The summed E-state index contributed by atoms with van der Waals surface area (Å²) in [6, 6.07) is 8.27. The Hall–Kier alpha value is -2.04. The molecule has 1 aliphatic heterocycles. The van der Waals surface area contributed by atoms with Gasteiger partial charge in [-0.05, 0) is 31.7 Å². The molecule has 1 aromatic carbocycles. The fraction of sp³-hybridized carbons (Fsp3) is 0.500. The quantitative estimate of drug-likeness (QED) is 0.384. The van der Waals surface area contributed by atoms with Gasteiger partial charge in [0.05, 0.1) is 0 Å². The van der Waals surface area contributed by atoms with Gasteiger partial charge >= 0.3 is 0 Å². The number of oxime groups is 1. The lowest BCUT2D eigenvalue weighted by Gasteiger charge is -2.31. The first-order valence-electron chi connectivity index (χ1n) is 7.41. The van der Waals surface area contributed by atoms with Crippen molar-refractivity contribution in [3.8, 4) is 0 Å². The Morgan fingerprint density at radius 1 is 1.43 bits per heavy atom. The number of rotatable bonds is 4. The van der Waals surface area contributed by atoms with Crippen molar-refractivity contribution in [3.05, 3.63) is 35.4 Å². The maximum atomic E-state index is 12.2. The zero-order valence-electron chi connectivity index (χ0n) is 12.5. The largest absolute Gasteiger partial charge is 0.409 e. The Balaban J connectivity index is 1.80. The number of nitrogens with zero attached hydrogens (tertiary/aromatic N) is 2. The summed E-state index contributed by atoms with van der Waals surface area (Å²) < 4.78 is 0. The maximum Gasteiger partial charge on any atom is 0.222 e. The smallest absolute Gasteiger partial charge is 0.222 e. The second kappa shape index (κ2) is 7.11. The fourth-order valence-electron chi connectivity index (χ4n) is 2.78. The second-order valence-corrected chi connectivity index (χ2v) is 5.67. The zero-order chi connectivity index (χ0) is 15.2. The highest BCUT2D eigenvalue weighted by molar-refractivity contribution is 5.83. The van der Waals surface area contributed by atoms with E-state index in [1.807, 2.05) is 11.0 Å². The highest BCUT2D eigenvalue weighted by atomic mass is 16.4. The minimum atomic E-state index is 0.0934. The molecule has 1 heterocycles. The Kier molecular flexibility index (Phi) is 5.20. The number of nitrogens with two attached hydrogens (primary N) is 1. The number of hydrogen-bond donors (Lipinski definition) is 2. The number of carbonyl (C=O) groups excluding carboxylic acids is 1. The average molecular weight is 289 g/mol. The van der Waals surface area contributed by atoms with Crippen LogP contribution in [0.3, 0.4) is 0 Å². The lowest BCUT2D eigenvalue weighted by Crippen LogP contribution is -2.41. The summed E-state index contributed by atoms with van der Waals surface area (Å²) >= 11 is 0. The van der Waals surface area contributed by atoms with E-state index in [9.17, 15) is 4.79 Å². The summed E-state index contributed by atoms with van der Waals surface area (Å²) in [6.45, 7) is 3.43. The third-order valence-electron chi connectivity index (χ3n) is 4.09. The molecule has 0 radical (unpaired) electrons. The molecule has 1 saturated heterocycles. The maximum absolute atomic E-state index is 12.2. The summed E-state index contributed by atoms with van der Waals surface area (Å²) in [7, 11) is 0. The molecule has 1 fully saturated rings. The molecule has 1 aromatic rings. The van der Waals surface area contributed by atoms with Crippen molar-refractivity contribution in [2.75, 3.05) is 13.1 Å². The van der Waals surface area contributed by atoms with Gasteiger partial charge in [-0.3, -0.25) is 4.79 Å². The van der Waals surface area contributed by atoms with Crippen LogP contribution in [0, 0.1) is 12.8 Å². The highest BCUT2D eigenvalue weighted by Crippen LogP contribution is 2.18. The molecular weight excluding hydrogens is 266 g/mol.